The van der Waals surface area contributed by atoms with E-state index in [0.717, 1.165) is 12.8 Å². The molecule has 4 heteroatoms. The van der Waals surface area contributed by atoms with Crippen LogP contribution in [-0.2, 0) is 4.74 Å². The summed E-state index contributed by atoms with van der Waals surface area (Å²) in [6, 6.07) is 0. The minimum Gasteiger partial charge on any atom is -0.442 e. The topological polar surface area (TPSA) is 55.7 Å². The summed E-state index contributed by atoms with van der Waals surface area (Å²) in [6.07, 6.45) is 3.28. The van der Waals surface area contributed by atoms with Gasteiger partial charge in [0.05, 0.1) is 5.18 Å². The van der Waals surface area contributed by atoms with Gasteiger partial charge in [-0.3, -0.25) is 0 Å². The van der Waals surface area contributed by atoms with E-state index < -0.39 is 6.09 Å². The van der Waals surface area contributed by atoms with Crippen molar-refractivity contribution in [3.63, 3.8) is 0 Å². The van der Waals surface area contributed by atoms with Gasteiger partial charge in [-0.15, -0.1) is 4.91 Å². The molecule has 12 heavy (non-hydrogen) atoms. The third-order valence-electron chi connectivity index (χ3n) is 1.93. The van der Waals surface area contributed by atoms with Gasteiger partial charge in [0.25, 0.3) is 0 Å². The highest BCUT2D eigenvalue weighted by atomic mass is 16.6. The van der Waals surface area contributed by atoms with Crippen molar-refractivity contribution >= 4 is 6.09 Å². The Balaban J connectivity index is 2.36. The molecule has 0 saturated heterocycles. The molecule has 0 aliphatic heterocycles. The van der Waals surface area contributed by atoms with Crippen molar-refractivity contribution in [2.24, 2.45) is 5.18 Å². The van der Waals surface area contributed by atoms with E-state index in [1.54, 1.807) is 0 Å². The van der Waals surface area contributed by atoms with Crippen LogP contribution in [0.15, 0.2) is 16.8 Å². The normalized spacial score (nSPS) is 22.8. The maximum absolute atomic E-state index is 10.4. The minimum atomic E-state index is -1.01. The van der Waals surface area contributed by atoms with Crippen LogP contribution < -0.4 is 0 Å². The first-order valence-electron chi connectivity index (χ1n) is 3.92. The van der Waals surface area contributed by atoms with E-state index in [9.17, 15) is 9.70 Å². The van der Waals surface area contributed by atoms with E-state index in [1.807, 2.05) is 13.0 Å². The Morgan fingerprint density at radius 1 is 1.75 bits per heavy atom. The van der Waals surface area contributed by atoms with Gasteiger partial charge in [0.15, 0.2) is 0 Å². The van der Waals surface area contributed by atoms with Gasteiger partial charge in [0, 0.05) is 6.42 Å². The van der Waals surface area contributed by atoms with Crippen LogP contribution >= 0.6 is 0 Å². The van der Waals surface area contributed by atoms with Crippen LogP contribution in [0.1, 0.15) is 26.2 Å². The van der Waals surface area contributed by atoms with Crippen LogP contribution in [0, 0.1) is 4.91 Å². The Bertz CT molecular complexity index is 222. The zero-order valence-corrected chi connectivity index (χ0v) is 6.95. The van der Waals surface area contributed by atoms with Gasteiger partial charge in [0.2, 0.25) is 0 Å². The molecule has 66 valence electrons. The third kappa shape index (κ3) is 2.45. The Hall–Kier alpha value is -1.19. The number of ether oxygens (including phenoxy) is 1. The summed E-state index contributed by atoms with van der Waals surface area (Å²) >= 11 is 0. The molecule has 0 aromatic heterocycles. The summed E-state index contributed by atoms with van der Waals surface area (Å²) in [5, 5.41) is 2.17. The van der Waals surface area contributed by atoms with Crippen molar-refractivity contribution in [3.8, 4) is 0 Å². The van der Waals surface area contributed by atoms with Gasteiger partial charge in [-0.1, -0.05) is 11.6 Å². The largest absolute Gasteiger partial charge is 0.470 e. The molecule has 0 bridgehead atoms. The summed E-state index contributed by atoms with van der Waals surface area (Å²) in [7, 11) is 0. The first kappa shape index (κ1) is 8.90. The molecular formula is C8H11NO3. The van der Waals surface area contributed by atoms with Crippen LogP contribution in [0.25, 0.3) is 0 Å². The smallest absolute Gasteiger partial charge is 0.442 e. The van der Waals surface area contributed by atoms with Crippen LogP contribution in [0.5, 0.6) is 0 Å². The minimum absolute atomic E-state index is 0.154. The predicted molar refractivity (Wildman–Crippen MR) is 43.7 cm³/mol. The molecule has 1 rings (SSSR count). The molecule has 1 atom stereocenters. The van der Waals surface area contributed by atoms with E-state index in [0.29, 0.717) is 6.42 Å². The summed E-state index contributed by atoms with van der Waals surface area (Å²) in [6.45, 7) is 2.04. The molecule has 0 spiro atoms. The summed E-state index contributed by atoms with van der Waals surface area (Å²) in [5.41, 5.74) is 1.31. The monoisotopic (exact) mass is 169 g/mol. The number of allylic oxidation sites excluding steroid dienone is 1. The quantitative estimate of drug-likeness (QED) is 0.447. The van der Waals surface area contributed by atoms with Gasteiger partial charge < -0.3 is 4.74 Å². The zero-order valence-electron chi connectivity index (χ0n) is 6.95. The number of hydrogen-bond acceptors (Lipinski definition) is 3. The average molecular weight is 169 g/mol. The Morgan fingerprint density at radius 2 is 2.50 bits per heavy atom. The molecule has 0 saturated carbocycles. The van der Waals surface area contributed by atoms with Gasteiger partial charge in [-0.05, 0) is 19.8 Å². The molecular weight excluding hydrogens is 158 g/mol. The number of nitrogens with zero attached hydrogens (tertiary/aromatic N) is 1. The molecule has 1 aliphatic rings. The lowest BCUT2D eigenvalue weighted by Gasteiger charge is -2.18. The van der Waals surface area contributed by atoms with Crippen molar-refractivity contribution in [3.05, 3.63) is 16.6 Å². The number of rotatable bonds is 1. The van der Waals surface area contributed by atoms with Crippen molar-refractivity contribution in [1.82, 2.24) is 0 Å². The van der Waals surface area contributed by atoms with Crippen molar-refractivity contribution in [2.75, 3.05) is 0 Å². The van der Waals surface area contributed by atoms with Gasteiger partial charge in [-0.25, -0.2) is 4.79 Å². The molecule has 0 N–H and O–H groups in total. The van der Waals surface area contributed by atoms with E-state index in [2.05, 4.69) is 5.18 Å². The Morgan fingerprint density at radius 3 is 3.00 bits per heavy atom. The highest BCUT2D eigenvalue weighted by Gasteiger charge is 2.16. The lowest BCUT2D eigenvalue weighted by atomic mass is 9.98. The molecule has 0 fully saturated rings. The summed E-state index contributed by atoms with van der Waals surface area (Å²) in [4.78, 5) is 20.1. The molecule has 0 aromatic rings. The lowest BCUT2D eigenvalue weighted by molar-refractivity contribution is 0.100. The number of carbonyl (C=O) groups excluding carboxylic acids is 1. The summed E-state index contributed by atoms with van der Waals surface area (Å²) < 4.78 is 4.73. The van der Waals surface area contributed by atoms with Crippen LogP contribution in [0.4, 0.5) is 4.79 Å². The van der Waals surface area contributed by atoms with E-state index in [1.165, 1.54) is 5.57 Å². The Labute approximate surface area is 70.6 Å². The van der Waals surface area contributed by atoms with E-state index in [4.69, 9.17) is 4.74 Å². The second-order valence-corrected chi connectivity index (χ2v) is 2.92. The fraction of sp³-hybridized carbons (Fsp3) is 0.625. The van der Waals surface area contributed by atoms with Crippen LogP contribution in [0.3, 0.4) is 0 Å². The maximum Gasteiger partial charge on any atom is 0.470 e. The fourth-order valence-electron chi connectivity index (χ4n) is 1.21. The third-order valence-corrected chi connectivity index (χ3v) is 1.93. The number of hydrogen-bond donors (Lipinski definition) is 0. The predicted octanol–water partition coefficient (Wildman–Crippen LogP) is 2.39. The number of amides is 1. The van der Waals surface area contributed by atoms with Gasteiger partial charge in [0.1, 0.15) is 6.10 Å². The molecule has 0 aromatic carbocycles. The van der Waals surface area contributed by atoms with Crippen molar-refractivity contribution in [1.29, 1.82) is 0 Å². The molecule has 0 heterocycles. The number of nitroso groups, excluding NO2 is 1. The lowest BCUT2D eigenvalue weighted by Crippen LogP contribution is -2.17. The van der Waals surface area contributed by atoms with Crippen LogP contribution in [-0.4, -0.2) is 12.2 Å². The van der Waals surface area contributed by atoms with Crippen molar-refractivity contribution in [2.45, 2.75) is 32.3 Å². The molecule has 1 amide bonds. The highest BCUT2D eigenvalue weighted by Crippen LogP contribution is 2.20. The van der Waals surface area contributed by atoms with E-state index >= 15 is 0 Å². The first-order chi connectivity index (χ1) is 5.72. The molecule has 0 radical (unpaired) electrons. The zero-order chi connectivity index (χ0) is 8.97. The summed E-state index contributed by atoms with van der Waals surface area (Å²) in [5.74, 6) is 0. The van der Waals surface area contributed by atoms with Crippen molar-refractivity contribution < 1.29 is 9.53 Å². The van der Waals surface area contributed by atoms with Gasteiger partial charge >= 0.3 is 6.09 Å². The van der Waals surface area contributed by atoms with Gasteiger partial charge in [-0.2, -0.15) is 0 Å². The second-order valence-electron chi connectivity index (χ2n) is 2.92. The fourth-order valence-corrected chi connectivity index (χ4v) is 1.21. The molecule has 1 aliphatic carbocycles. The second kappa shape index (κ2) is 3.99. The average Bonchev–Trinajstić information content (AvgIpc) is 2.09. The Kier molecular flexibility index (Phi) is 2.96. The standard InChI is InChI=1S/C8H11NO3/c1-6-2-4-7(5-3-6)12-8(10)9-11/h2,7H,3-5H2,1H3. The SMILES string of the molecule is CC1=CCC(OC(=O)N=O)CC1. The molecule has 4 nitrogen and oxygen atoms in total. The number of carbonyl (C=O) groups is 1. The highest BCUT2D eigenvalue weighted by molar-refractivity contribution is 5.68. The molecule has 1 unspecified atom stereocenters. The first-order valence-corrected chi connectivity index (χ1v) is 3.92. The van der Waals surface area contributed by atoms with E-state index in [-0.39, 0.29) is 6.10 Å². The van der Waals surface area contributed by atoms with Crippen LogP contribution in [0.2, 0.25) is 0 Å². The maximum atomic E-state index is 10.4.